The number of hydrogen-bond acceptors (Lipinski definition) is 6. The number of nitro benzene ring substituents is 1. The van der Waals surface area contributed by atoms with Crippen molar-refractivity contribution in [1.29, 1.82) is 0 Å². The topological polar surface area (TPSA) is 144 Å². The summed E-state index contributed by atoms with van der Waals surface area (Å²) >= 11 is 0.796. The Kier molecular flexibility index (Phi) is 7.58. The third-order valence-electron chi connectivity index (χ3n) is 3.69. The smallest absolute Gasteiger partial charge is 0.366 e. The number of nitro groups is 1. The summed E-state index contributed by atoms with van der Waals surface area (Å²) in [5.41, 5.74) is 4.41. The molecule has 2 aromatic carbocycles. The van der Waals surface area contributed by atoms with Crippen LogP contribution in [0.15, 0.2) is 47.4 Å². The van der Waals surface area contributed by atoms with E-state index in [1.54, 1.807) is 5.32 Å². The fraction of sp³-hybridized carbons (Fsp3) is 0.167. The Morgan fingerprint density at radius 2 is 1.81 bits per heavy atom. The Hall–Kier alpha value is -3.61. The first-order valence-corrected chi connectivity index (χ1v) is 9.41. The molecule has 0 saturated carbocycles. The van der Waals surface area contributed by atoms with Crippen LogP contribution in [0.2, 0.25) is 0 Å². The van der Waals surface area contributed by atoms with Gasteiger partial charge in [0.1, 0.15) is 6.54 Å². The van der Waals surface area contributed by atoms with Crippen molar-refractivity contribution >= 4 is 40.9 Å². The van der Waals surface area contributed by atoms with Crippen LogP contribution in [0.1, 0.15) is 20.7 Å². The van der Waals surface area contributed by atoms with E-state index in [9.17, 15) is 37.7 Å². The predicted molar refractivity (Wildman–Crippen MR) is 106 cm³/mol. The van der Waals surface area contributed by atoms with Crippen LogP contribution >= 0.6 is 11.8 Å². The van der Waals surface area contributed by atoms with Crippen LogP contribution in [0, 0.1) is 10.1 Å². The van der Waals surface area contributed by atoms with Gasteiger partial charge in [-0.3, -0.25) is 24.5 Å². The largest absolute Gasteiger partial charge is 0.405 e. The number of thioether (sulfide) groups is 1. The van der Waals surface area contributed by atoms with Gasteiger partial charge in [-0.05, 0) is 24.3 Å². The molecule has 9 nitrogen and oxygen atoms in total. The standard InChI is InChI=1S/C18H15F3N4O5S/c19-18(20,21)9-23-17(28)11-3-1-2-4-12(11)24-15(26)8-31-14-6-5-10(16(22)27)7-13(14)25(29)30/h1-7H,8-9H2,(H2,22,27)(H,23,28)(H,24,26). The lowest BCUT2D eigenvalue weighted by atomic mass is 10.1. The van der Waals surface area contributed by atoms with E-state index in [0.717, 1.165) is 17.8 Å². The number of hydrogen-bond donors (Lipinski definition) is 3. The summed E-state index contributed by atoms with van der Waals surface area (Å²) in [6, 6.07) is 8.98. The van der Waals surface area contributed by atoms with Crippen LogP contribution in [0.4, 0.5) is 24.5 Å². The average Bonchev–Trinajstić information content (AvgIpc) is 2.70. The van der Waals surface area contributed by atoms with Gasteiger partial charge in [0, 0.05) is 11.6 Å². The van der Waals surface area contributed by atoms with Crippen LogP contribution in [0.25, 0.3) is 0 Å². The Bertz CT molecular complexity index is 1030. The monoisotopic (exact) mass is 456 g/mol. The van der Waals surface area contributed by atoms with Crippen molar-refractivity contribution in [1.82, 2.24) is 5.32 Å². The molecule has 0 aliphatic heterocycles. The molecule has 31 heavy (non-hydrogen) atoms. The maximum atomic E-state index is 12.3. The van der Waals surface area contributed by atoms with E-state index in [-0.39, 0.29) is 27.5 Å². The van der Waals surface area contributed by atoms with Crippen molar-refractivity contribution < 1.29 is 32.5 Å². The summed E-state index contributed by atoms with van der Waals surface area (Å²) in [4.78, 5) is 46.0. The normalized spacial score (nSPS) is 10.9. The summed E-state index contributed by atoms with van der Waals surface area (Å²) in [6.07, 6.45) is -4.59. The van der Waals surface area contributed by atoms with E-state index >= 15 is 0 Å². The minimum Gasteiger partial charge on any atom is -0.366 e. The molecular weight excluding hydrogens is 441 g/mol. The van der Waals surface area contributed by atoms with E-state index < -0.39 is 41.1 Å². The number of carbonyl (C=O) groups is 3. The number of rotatable bonds is 8. The molecule has 0 fully saturated rings. The number of primary amides is 1. The van der Waals surface area contributed by atoms with E-state index in [0.29, 0.717) is 0 Å². The van der Waals surface area contributed by atoms with Gasteiger partial charge in [-0.25, -0.2) is 0 Å². The molecule has 4 N–H and O–H groups in total. The predicted octanol–water partition coefficient (Wildman–Crippen LogP) is 2.72. The number of carbonyl (C=O) groups excluding carboxylic acids is 3. The molecule has 0 heterocycles. The Morgan fingerprint density at radius 1 is 1.13 bits per heavy atom. The minimum atomic E-state index is -4.59. The molecule has 164 valence electrons. The number of para-hydroxylation sites is 1. The molecule has 0 spiro atoms. The van der Waals surface area contributed by atoms with Gasteiger partial charge >= 0.3 is 6.18 Å². The van der Waals surface area contributed by atoms with Crippen LogP contribution in [0.5, 0.6) is 0 Å². The zero-order valence-corrected chi connectivity index (χ0v) is 16.4. The lowest BCUT2D eigenvalue weighted by molar-refractivity contribution is -0.387. The zero-order chi connectivity index (χ0) is 23.2. The molecule has 0 saturated heterocycles. The number of nitrogens with one attached hydrogen (secondary N) is 2. The van der Waals surface area contributed by atoms with Crippen molar-refractivity contribution in [2.45, 2.75) is 11.1 Å². The number of amides is 3. The highest BCUT2D eigenvalue weighted by Gasteiger charge is 2.28. The molecule has 0 bridgehead atoms. The highest BCUT2D eigenvalue weighted by Crippen LogP contribution is 2.30. The van der Waals surface area contributed by atoms with Gasteiger partial charge in [0.2, 0.25) is 11.8 Å². The van der Waals surface area contributed by atoms with Crippen molar-refractivity contribution in [2.75, 3.05) is 17.6 Å². The Balaban J connectivity index is 2.08. The zero-order valence-electron chi connectivity index (χ0n) is 15.6. The van der Waals surface area contributed by atoms with Gasteiger partial charge in [-0.15, -0.1) is 11.8 Å². The summed E-state index contributed by atoms with van der Waals surface area (Å²) in [6.45, 7) is -1.53. The molecule has 0 aromatic heterocycles. The van der Waals surface area contributed by atoms with Crippen molar-refractivity contribution in [3.8, 4) is 0 Å². The third kappa shape index (κ3) is 6.99. The highest BCUT2D eigenvalue weighted by atomic mass is 32.2. The maximum Gasteiger partial charge on any atom is 0.405 e. The first kappa shape index (κ1) is 23.7. The summed E-state index contributed by atoms with van der Waals surface area (Å²) in [5, 5.41) is 15.3. The number of alkyl halides is 3. The second kappa shape index (κ2) is 9.93. The van der Waals surface area contributed by atoms with Crippen molar-refractivity contribution in [3.05, 3.63) is 63.7 Å². The van der Waals surface area contributed by atoms with Gasteiger partial charge in [-0.1, -0.05) is 12.1 Å². The first-order chi connectivity index (χ1) is 14.5. The molecular formula is C18H15F3N4O5S. The second-order valence-electron chi connectivity index (χ2n) is 5.98. The van der Waals surface area contributed by atoms with Crippen molar-refractivity contribution in [3.63, 3.8) is 0 Å². The molecule has 3 amide bonds. The van der Waals surface area contributed by atoms with Crippen LogP contribution in [-0.2, 0) is 4.79 Å². The first-order valence-electron chi connectivity index (χ1n) is 8.43. The molecule has 0 aliphatic rings. The Labute approximate surface area is 177 Å². The molecule has 0 atom stereocenters. The van der Waals surface area contributed by atoms with Crippen LogP contribution in [0.3, 0.4) is 0 Å². The van der Waals surface area contributed by atoms with E-state index in [4.69, 9.17) is 5.73 Å². The summed E-state index contributed by atoms with van der Waals surface area (Å²) < 4.78 is 36.9. The summed E-state index contributed by atoms with van der Waals surface area (Å²) in [5.74, 6) is -2.85. The van der Waals surface area contributed by atoms with Crippen molar-refractivity contribution in [2.24, 2.45) is 5.73 Å². The second-order valence-corrected chi connectivity index (χ2v) is 7.00. The average molecular weight is 456 g/mol. The number of anilines is 1. The Morgan fingerprint density at radius 3 is 2.42 bits per heavy atom. The third-order valence-corrected chi connectivity index (χ3v) is 4.76. The van der Waals surface area contributed by atoms with Gasteiger partial charge < -0.3 is 16.4 Å². The molecule has 0 aliphatic carbocycles. The quantitative estimate of drug-likeness (QED) is 0.316. The molecule has 2 aromatic rings. The highest BCUT2D eigenvalue weighted by molar-refractivity contribution is 8.00. The number of benzene rings is 2. The van der Waals surface area contributed by atoms with E-state index in [2.05, 4.69) is 5.32 Å². The van der Waals surface area contributed by atoms with Gasteiger partial charge in [-0.2, -0.15) is 13.2 Å². The van der Waals surface area contributed by atoms with E-state index in [1.807, 2.05) is 0 Å². The van der Waals surface area contributed by atoms with Gasteiger partial charge in [0.05, 0.1) is 26.8 Å². The van der Waals surface area contributed by atoms with Gasteiger partial charge in [0.15, 0.2) is 0 Å². The minimum absolute atomic E-state index is 0.0219. The summed E-state index contributed by atoms with van der Waals surface area (Å²) in [7, 11) is 0. The molecule has 0 radical (unpaired) electrons. The molecule has 13 heteroatoms. The lowest BCUT2D eigenvalue weighted by Gasteiger charge is -2.12. The van der Waals surface area contributed by atoms with Gasteiger partial charge in [0.25, 0.3) is 11.6 Å². The van der Waals surface area contributed by atoms with Crippen LogP contribution < -0.4 is 16.4 Å². The number of nitrogens with two attached hydrogens (primary N) is 1. The fourth-order valence-corrected chi connectivity index (χ4v) is 3.14. The number of nitrogens with zero attached hydrogens (tertiary/aromatic N) is 1. The SMILES string of the molecule is NC(=O)c1ccc(SCC(=O)Nc2ccccc2C(=O)NCC(F)(F)F)c([N+](=O)[O-])c1. The molecule has 0 unspecified atom stereocenters. The van der Waals surface area contributed by atoms with E-state index in [1.165, 1.54) is 36.4 Å². The fourth-order valence-electron chi connectivity index (χ4n) is 2.33. The maximum absolute atomic E-state index is 12.3. The lowest BCUT2D eigenvalue weighted by Crippen LogP contribution is -2.34. The molecule has 2 rings (SSSR count). The number of halogens is 3. The van der Waals surface area contributed by atoms with Crippen LogP contribution in [-0.4, -0.2) is 41.1 Å².